The number of aldehydes is 1. The molecule has 1 heterocycles. The summed E-state index contributed by atoms with van der Waals surface area (Å²) in [5.41, 5.74) is 1.46. The molecule has 0 N–H and O–H groups in total. The van der Waals surface area contributed by atoms with E-state index in [0.717, 1.165) is 17.5 Å². The number of aryl methyl sites for hydroxylation is 1. The average molecular weight is 163 g/mol. The van der Waals surface area contributed by atoms with E-state index in [9.17, 15) is 4.79 Å². The van der Waals surface area contributed by atoms with E-state index in [1.807, 2.05) is 32.9 Å². The van der Waals surface area contributed by atoms with Crippen LogP contribution >= 0.6 is 0 Å². The van der Waals surface area contributed by atoms with Crippen molar-refractivity contribution in [3.63, 3.8) is 0 Å². The normalized spacial score (nSPS) is 11.2. The van der Waals surface area contributed by atoms with Gasteiger partial charge in [0.05, 0.1) is 11.1 Å². The van der Waals surface area contributed by atoms with E-state index in [1.165, 1.54) is 0 Å². The largest absolute Gasteiger partial charge is 0.302 e. The van der Waals surface area contributed by atoms with Crippen molar-refractivity contribution in [2.75, 3.05) is 0 Å². The maximum Gasteiger partial charge on any atom is 0.131 e. The summed E-state index contributed by atoms with van der Waals surface area (Å²) in [5, 5.41) is 0. The van der Waals surface area contributed by atoms with Crippen LogP contribution in [0.25, 0.3) is 0 Å². The molecule has 0 aliphatic carbocycles. The molecular formula is C10H13NO. The van der Waals surface area contributed by atoms with Crippen molar-refractivity contribution >= 4 is 6.29 Å². The Morgan fingerprint density at radius 2 is 2.17 bits per heavy atom. The Labute approximate surface area is 72.6 Å². The van der Waals surface area contributed by atoms with Crippen molar-refractivity contribution in [1.82, 2.24) is 4.98 Å². The van der Waals surface area contributed by atoms with Crippen LogP contribution in [0.1, 0.15) is 25.1 Å². The summed E-state index contributed by atoms with van der Waals surface area (Å²) in [4.78, 5) is 14.9. The lowest BCUT2D eigenvalue weighted by Gasteiger charge is -2.17. The predicted molar refractivity (Wildman–Crippen MR) is 48.1 cm³/mol. The van der Waals surface area contributed by atoms with Crippen LogP contribution in [0.3, 0.4) is 0 Å². The van der Waals surface area contributed by atoms with Crippen LogP contribution in [0.5, 0.6) is 0 Å². The SMILES string of the molecule is Cc1cccnc1C(C)(C)C=O. The van der Waals surface area contributed by atoms with Crippen molar-refractivity contribution in [2.45, 2.75) is 26.2 Å². The zero-order chi connectivity index (χ0) is 9.19. The summed E-state index contributed by atoms with van der Waals surface area (Å²) in [6, 6.07) is 3.84. The van der Waals surface area contributed by atoms with Crippen LogP contribution in [-0.4, -0.2) is 11.3 Å². The Morgan fingerprint density at radius 1 is 1.50 bits per heavy atom. The third-order valence-corrected chi connectivity index (χ3v) is 1.91. The fraction of sp³-hybridized carbons (Fsp3) is 0.400. The molecule has 0 saturated heterocycles. The second-order valence-electron chi connectivity index (χ2n) is 3.51. The highest BCUT2D eigenvalue weighted by molar-refractivity contribution is 5.66. The van der Waals surface area contributed by atoms with E-state index in [-0.39, 0.29) is 0 Å². The van der Waals surface area contributed by atoms with Crippen molar-refractivity contribution in [2.24, 2.45) is 0 Å². The molecule has 0 spiro atoms. The molecule has 0 radical (unpaired) electrons. The molecule has 1 rings (SSSR count). The molecule has 1 aromatic heterocycles. The summed E-state index contributed by atoms with van der Waals surface area (Å²) in [5.74, 6) is 0. The van der Waals surface area contributed by atoms with E-state index in [4.69, 9.17) is 0 Å². The van der Waals surface area contributed by atoms with Crippen LogP contribution in [0.4, 0.5) is 0 Å². The Bertz CT molecular complexity index is 292. The molecule has 1 aromatic rings. The van der Waals surface area contributed by atoms with Gasteiger partial charge in [0.15, 0.2) is 0 Å². The molecule has 0 atom stereocenters. The van der Waals surface area contributed by atoms with Gasteiger partial charge in [-0.15, -0.1) is 0 Å². The number of hydrogen-bond acceptors (Lipinski definition) is 2. The Balaban J connectivity index is 3.19. The smallest absolute Gasteiger partial charge is 0.131 e. The molecule has 0 bridgehead atoms. The van der Waals surface area contributed by atoms with Gasteiger partial charge in [0.1, 0.15) is 6.29 Å². The number of carbonyl (C=O) groups excluding carboxylic acids is 1. The maximum atomic E-state index is 10.7. The average Bonchev–Trinajstić information content (AvgIpc) is 2.05. The number of rotatable bonds is 2. The van der Waals surface area contributed by atoms with E-state index in [1.54, 1.807) is 6.20 Å². The van der Waals surface area contributed by atoms with Crippen molar-refractivity contribution < 1.29 is 4.79 Å². The molecule has 0 aliphatic heterocycles. The molecule has 0 aromatic carbocycles. The lowest BCUT2D eigenvalue weighted by atomic mass is 9.88. The van der Waals surface area contributed by atoms with Gasteiger partial charge in [-0.2, -0.15) is 0 Å². The highest BCUT2D eigenvalue weighted by Gasteiger charge is 2.22. The van der Waals surface area contributed by atoms with E-state index < -0.39 is 5.41 Å². The van der Waals surface area contributed by atoms with Crippen LogP contribution in [0.2, 0.25) is 0 Å². The van der Waals surface area contributed by atoms with Gasteiger partial charge < -0.3 is 4.79 Å². The molecule has 64 valence electrons. The first kappa shape index (κ1) is 8.91. The zero-order valence-corrected chi connectivity index (χ0v) is 7.66. The number of carbonyl (C=O) groups is 1. The fourth-order valence-electron chi connectivity index (χ4n) is 1.22. The molecule has 0 aliphatic rings. The molecule has 0 saturated carbocycles. The summed E-state index contributed by atoms with van der Waals surface area (Å²) in [7, 11) is 0. The highest BCUT2D eigenvalue weighted by atomic mass is 16.1. The minimum absolute atomic E-state index is 0.467. The van der Waals surface area contributed by atoms with Gasteiger partial charge in [-0.1, -0.05) is 6.07 Å². The van der Waals surface area contributed by atoms with Gasteiger partial charge in [0.25, 0.3) is 0 Å². The molecule has 0 amide bonds. The lowest BCUT2D eigenvalue weighted by molar-refractivity contribution is -0.111. The standard InChI is InChI=1S/C10H13NO/c1-8-5-4-6-11-9(8)10(2,3)7-12/h4-7H,1-3H3. The van der Waals surface area contributed by atoms with Crippen LogP contribution in [0, 0.1) is 6.92 Å². The second kappa shape index (κ2) is 3.05. The number of pyridine rings is 1. The Hall–Kier alpha value is -1.18. The number of aromatic nitrogens is 1. The first-order chi connectivity index (χ1) is 5.58. The van der Waals surface area contributed by atoms with Crippen LogP contribution in [-0.2, 0) is 10.2 Å². The molecule has 2 heteroatoms. The summed E-state index contributed by atoms with van der Waals surface area (Å²) >= 11 is 0. The topological polar surface area (TPSA) is 30.0 Å². The second-order valence-corrected chi connectivity index (χ2v) is 3.51. The molecule has 12 heavy (non-hydrogen) atoms. The Kier molecular flexibility index (Phi) is 2.27. The summed E-state index contributed by atoms with van der Waals surface area (Å²) in [6.07, 6.45) is 2.65. The summed E-state index contributed by atoms with van der Waals surface area (Å²) < 4.78 is 0. The predicted octanol–water partition coefficient (Wildman–Crippen LogP) is 1.87. The first-order valence-corrected chi connectivity index (χ1v) is 3.96. The summed E-state index contributed by atoms with van der Waals surface area (Å²) in [6.45, 7) is 5.71. The minimum Gasteiger partial charge on any atom is -0.302 e. The van der Waals surface area contributed by atoms with Gasteiger partial charge >= 0.3 is 0 Å². The van der Waals surface area contributed by atoms with E-state index in [2.05, 4.69) is 4.98 Å². The highest BCUT2D eigenvalue weighted by Crippen LogP contribution is 2.20. The van der Waals surface area contributed by atoms with Crippen molar-refractivity contribution in [1.29, 1.82) is 0 Å². The minimum atomic E-state index is -0.467. The number of nitrogens with zero attached hydrogens (tertiary/aromatic N) is 1. The van der Waals surface area contributed by atoms with Crippen LogP contribution in [0.15, 0.2) is 18.3 Å². The zero-order valence-electron chi connectivity index (χ0n) is 7.66. The molecule has 0 unspecified atom stereocenters. The quantitative estimate of drug-likeness (QED) is 0.623. The van der Waals surface area contributed by atoms with E-state index >= 15 is 0 Å². The monoisotopic (exact) mass is 163 g/mol. The van der Waals surface area contributed by atoms with Gasteiger partial charge in [-0.25, -0.2) is 0 Å². The van der Waals surface area contributed by atoms with Gasteiger partial charge in [-0.05, 0) is 32.4 Å². The first-order valence-electron chi connectivity index (χ1n) is 3.96. The fourth-order valence-corrected chi connectivity index (χ4v) is 1.22. The lowest BCUT2D eigenvalue weighted by Crippen LogP contribution is -2.21. The third-order valence-electron chi connectivity index (χ3n) is 1.91. The number of hydrogen-bond donors (Lipinski definition) is 0. The van der Waals surface area contributed by atoms with Gasteiger partial charge in [-0.3, -0.25) is 4.98 Å². The molecule has 2 nitrogen and oxygen atoms in total. The van der Waals surface area contributed by atoms with E-state index in [0.29, 0.717) is 0 Å². The maximum absolute atomic E-state index is 10.7. The molecule has 0 fully saturated rings. The van der Waals surface area contributed by atoms with Crippen LogP contribution < -0.4 is 0 Å². The van der Waals surface area contributed by atoms with Crippen molar-refractivity contribution in [3.8, 4) is 0 Å². The third kappa shape index (κ3) is 1.52. The van der Waals surface area contributed by atoms with Gasteiger partial charge in [0, 0.05) is 6.20 Å². The molecular weight excluding hydrogens is 150 g/mol. The Morgan fingerprint density at radius 3 is 2.67 bits per heavy atom. The van der Waals surface area contributed by atoms with Crippen molar-refractivity contribution in [3.05, 3.63) is 29.6 Å². The van der Waals surface area contributed by atoms with Gasteiger partial charge in [0.2, 0.25) is 0 Å².